The summed E-state index contributed by atoms with van der Waals surface area (Å²) in [5.41, 5.74) is -0.131. The maximum absolute atomic E-state index is 11.4. The molecule has 1 saturated heterocycles. The van der Waals surface area contributed by atoms with Crippen molar-refractivity contribution in [2.75, 3.05) is 0 Å². The van der Waals surface area contributed by atoms with Crippen LogP contribution >= 0.6 is 0 Å². The molecule has 2 atom stereocenters. The minimum atomic E-state index is -0.131. The molecule has 13 heavy (non-hydrogen) atoms. The van der Waals surface area contributed by atoms with E-state index in [1.807, 2.05) is 13.8 Å². The molecule has 1 rings (SSSR count). The van der Waals surface area contributed by atoms with Crippen LogP contribution in [0.3, 0.4) is 0 Å². The van der Waals surface area contributed by atoms with Gasteiger partial charge >= 0.3 is 0 Å². The van der Waals surface area contributed by atoms with Crippen LogP contribution in [-0.2, 0) is 9.59 Å². The van der Waals surface area contributed by atoms with Gasteiger partial charge in [0.25, 0.3) is 0 Å². The van der Waals surface area contributed by atoms with Crippen LogP contribution in [-0.4, -0.2) is 11.8 Å². The lowest BCUT2D eigenvalue weighted by Gasteiger charge is -2.37. The molecule has 2 unspecified atom stereocenters. The molecule has 0 aromatic rings. The number of amides is 2. The molecule has 74 valence electrons. The Morgan fingerprint density at radius 3 is 2.69 bits per heavy atom. The average molecular weight is 183 g/mol. The largest absolute Gasteiger partial charge is 0.296 e. The minimum absolute atomic E-state index is 0.0508. The fraction of sp³-hybridized carbons (Fsp3) is 0.800. The van der Waals surface area contributed by atoms with Gasteiger partial charge in [0.2, 0.25) is 11.8 Å². The average Bonchev–Trinajstić information content (AvgIpc) is 2.00. The van der Waals surface area contributed by atoms with Crippen molar-refractivity contribution in [3.8, 4) is 0 Å². The highest BCUT2D eigenvalue weighted by Gasteiger charge is 2.41. The molecule has 0 bridgehead atoms. The first kappa shape index (κ1) is 10.2. The highest BCUT2D eigenvalue weighted by atomic mass is 16.2. The molecule has 1 heterocycles. The molecule has 1 fully saturated rings. The first-order valence-corrected chi connectivity index (χ1v) is 4.83. The van der Waals surface area contributed by atoms with Crippen LogP contribution in [0.15, 0.2) is 0 Å². The van der Waals surface area contributed by atoms with E-state index in [1.54, 1.807) is 0 Å². The van der Waals surface area contributed by atoms with Crippen LogP contribution < -0.4 is 5.32 Å². The highest BCUT2D eigenvalue weighted by Crippen LogP contribution is 2.38. The number of carbonyl (C=O) groups is 2. The molecule has 0 radical (unpaired) electrons. The van der Waals surface area contributed by atoms with E-state index in [4.69, 9.17) is 0 Å². The third kappa shape index (κ3) is 1.90. The number of hydrogen-bond acceptors (Lipinski definition) is 2. The van der Waals surface area contributed by atoms with E-state index in [2.05, 4.69) is 12.2 Å². The number of nitrogens with one attached hydrogen (secondary N) is 1. The number of piperidine rings is 1. The zero-order chi connectivity index (χ0) is 10.1. The first-order valence-electron chi connectivity index (χ1n) is 4.83. The van der Waals surface area contributed by atoms with Crippen molar-refractivity contribution in [2.45, 2.75) is 40.0 Å². The third-order valence-electron chi connectivity index (χ3n) is 3.09. The van der Waals surface area contributed by atoms with Gasteiger partial charge < -0.3 is 0 Å². The fourth-order valence-corrected chi connectivity index (χ4v) is 2.00. The first-order chi connectivity index (χ1) is 5.99. The predicted octanol–water partition coefficient (Wildman–Crippen LogP) is 1.48. The lowest BCUT2D eigenvalue weighted by atomic mass is 9.70. The summed E-state index contributed by atoms with van der Waals surface area (Å²) in [5, 5.41) is 2.36. The summed E-state index contributed by atoms with van der Waals surface area (Å²) in [5.74, 6) is -0.295. The fourth-order valence-electron chi connectivity index (χ4n) is 2.00. The van der Waals surface area contributed by atoms with Crippen molar-refractivity contribution < 1.29 is 9.59 Å². The summed E-state index contributed by atoms with van der Waals surface area (Å²) >= 11 is 0. The van der Waals surface area contributed by atoms with Crippen molar-refractivity contribution >= 4 is 11.8 Å². The third-order valence-corrected chi connectivity index (χ3v) is 3.09. The van der Waals surface area contributed by atoms with Crippen LogP contribution in [0.2, 0.25) is 0 Å². The maximum atomic E-state index is 11.4. The Morgan fingerprint density at radius 1 is 1.54 bits per heavy atom. The Labute approximate surface area is 78.9 Å². The molecular formula is C10H17NO2. The standard InChI is InChI=1S/C10H17NO2/c1-4-5-10(3)6-8(12)11-9(13)7(10)2/h7H,4-6H2,1-3H3,(H,11,12,13). The quantitative estimate of drug-likeness (QED) is 0.659. The summed E-state index contributed by atoms with van der Waals surface area (Å²) in [7, 11) is 0. The molecule has 0 aliphatic carbocycles. The molecular weight excluding hydrogens is 166 g/mol. The number of rotatable bonds is 2. The molecule has 0 aromatic heterocycles. The van der Waals surface area contributed by atoms with Gasteiger partial charge in [0.05, 0.1) is 0 Å². The van der Waals surface area contributed by atoms with Crippen LogP contribution in [0.1, 0.15) is 40.0 Å². The predicted molar refractivity (Wildman–Crippen MR) is 49.9 cm³/mol. The van der Waals surface area contributed by atoms with E-state index < -0.39 is 0 Å². The summed E-state index contributed by atoms with van der Waals surface area (Å²) in [4.78, 5) is 22.5. The summed E-state index contributed by atoms with van der Waals surface area (Å²) in [6, 6.07) is 0. The Balaban J connectivity index is 2.81. The summed E-state index contributed by atoms with van der Waals surface area (Å²) < 4.78 is 0. The van der Waals surface area contributed by atoms with E-state index in [9.17, 15) is 9.59 Å². The van der Waals surface area contributed by atoms with Crippen molar-refractivity contribution in [1.29, 1.82) is 0 Å². The second-order valence-corrected chi connectivity index (χ2v) is 4.21. The lowest BCUT2D eigenvalue weighted by molar-refractivity contribution is -0.142. The normalized spacial score (nSPS) is 34.5. The van der Waals surface area contributed by atoms with Gasteiger partial charge in [-0.15, -0.1) is 0 Å². The minimum Gasteiger partial charge on any atom is -0.296 e. The van der Waals surface area contributed by atoms with Gasteiger partial charge in [-0.3, -0.25) is 14.9 Å². The van der Waals surface area contributed by atoms with E-state index in [-0.39, 0.29) is 23.1 Å². The van der Waals surface area contributed by atoms with Crippen molar-refractivity contribution in [1.82, 2.24) is 5.32 Å². The van der Waals surface area contributed by atoms with Crippen molar-refractivity contribution in [2.24, 2.45) is 11.3 Å². The SMILES string of the molecule is CCCC1(C)CC(=O)NC(=O)C1C. The van der Waals surface area contributed by atoms with Crippen molar-refractivity contribution in [3.05, 3.63) is 0 Å². The van der Waals surface area contributed by atoms with Gasteiger partial charge in [0.15, 0.2) is 0 Å². The zero-order valence-electron chi connectivity index (χ0n) is 8.52. The lowest BCUT2D eigenvalue weighted by Crippen LogP contribution is -2.49. The molecule has 0 spiro atoms. The zero-order valence-corrected chi connectivity index (χ0v) is 8.52. The topological polar surface area (TPSA) is 46.2 Å². The molecule has 0 aromatic carbocycles. The molecule has 1 N–H and O–H groups in total. The second kappa shape index (κ2) is 3.48. The van der Waals surface area contributed by atoms with Crippen molar-refractivity contribution in [3.63, 3.8) is 0 Å². The molecule has 3 heteroatoms. The van der Waals surface area contributed by atoms with Gasteiger partial charge in [-0.2, -0.15) is 0 Å². The Kier molecular flexibility index (Phi) is 2.74. The Morgan fingerprint density at radius 2 is 2.15 bits per heavy atom. The van der Waals surface area contributed by atoms with Crippen LogP contribution in [0.25, 0.3) is 0 Å². The Hall–Kier alpha value is -0.860. The maximum Gasteiger partial charge on any atom is 0.229 e. The molecule has 3 nitrogen and oxygen atoms in total. The van der Waals surface area contributed by atoms with E-state index >= 15 is 0 Å². The number of imide groups is 1. The number of carbonyl (C=O) groups excluding carboxylic acids is 2. The van der Waals surface area contributed by atoms with E-state index in [1.165, 1.54) is 0 Å². The van der Waals surface area contributed by atoms with Crippen LogP contribution in [0.5, 0.6) is 0 Å². The van der Waals surface area contributed by atoms with Gasteiger partial charge in [0.1, 0.15) is 0 Å². The van der Waals surface area contributed by atoms with Crippen LogP contribution in [0.4, 0.5) is 0 Å². The van der Waals surface area contributed by atoms with Gasteiger partial charge in [0, 0.05) is 12.3 Å². The van der Waals surface area contributed by atoms with Gasteiger partial charge in [-0.25, -0.2) is 0 Å². The monoisotopic (exact) mass is 183 g/mol. The smallest absolute Gasteiger partial charge is 0.229 e. The second-order valence-electron chi connectivity index (χ2n) is 4.21. The van der Waals surface area contributed by atoms with E-state index in [0.29, 0.717) is 6.42 Å². The van der Waals surface area contributed by atoms with Gasteiger partial charge in [-0.05, 0) is 11.8 Å². The Bertz CT molecular complexity index is 237. The summed E-state index contributed by atoms with van der Waals surface area (Å²) in [6.07, 6.45) is 2.43. The molecule has 1 aliphatic heterocycles. The van der Waals surface area contributed by atoms with E-state index in [0.717, 1.165) is 12.8 Å². The molecule has 1 aliphatic rings. The number of hydrogen-bond donors (Lipinski definition) is 1. The van der Waals surface area contributed by atoms with Crippen LogP contribution in [0, 0.1) is 11.3 Å². The van der Waals surface area contributed by atoms with Gasteiger partial charge in [-0.1, -0.05) is 27.2 Å². The molecule has 2 amide bonds. The molecule has 0 saturated carbocycles. The highest BCUT2D eigenvalue weighted by molar-refractivity contribution is 5.99. The summed E-state index contributed by atoms with van der Waals surface area (Å²) in [6.45, 7) is 6.00.